The summed E-state index contributed by atoms with van der Waals surface area (Å²) in [5.41, 5.74) is 0. The molecule has 0 unspecified atom stereocenters. The van der Waals surface area contributed by atoms with Gasteiger partial charge in [0, 0.05) is 50.4 Å². The summed E-state index contributed by atoms with van der Waals surface area (Å²) in [5.74, 6) is 0. The molecule has 2 fully saturated rings. The molecule has 0 radical (unpaired) electrons. The van der Waals surface area contributed by atoms with Crippen LogP contribution in [-0.4, -0.2) is 54.8 Å². The molecular formula is C14H23N3OS. The highest BCUT2D eigenvalue weighted by atomic mass is 32.1. The molecule has 0 bridgehead atoms. The summed E-state index contributed by atoms with van der Waals surface area (Å²) in [7, 11) is 0. The number of hydrogen-bond donors (Lipinski definition) is 0. The van der Waals surface area contributed by atoms with Gasteiger partial charge in [0.25, 0.3) is 0 Å². The molecule has 2 atom stereocenters. The first-order chi connectivity index (χ1) is 9.33. The lowest BCUT2D eigenvalue weighted by Gasteiger charge is -2.41. The van der Waals surface area contributed by atoms with E-state index in [0.29, 0.717) is 12.1 Å². The molecule has 4 nitrogen and oxygen atoms in total. The third-order valence-corrected chi connectivity index (χ3v) is 4.92. The van der Waals surface area contributed by atoms with Crippen LogP contribution in [0.15, 0.2) is 11.6 Å². The maximum absolute atomic E-state index is 5.85. The molecule has 0 saturated carbocycles. The second kappa shape index (κ2) is 6.20. The van der Waals surface area contributed by atoms with Gasteiger partial charge in [-0.3, -0.25) is 4.90 Å². The molecule has 0 amide bonds. The fourth-order valence-electron chi connectivity index (χ4n) is 3.08. The van der Waals surface area contributed by atoms with Crippen molar-refractivity contribution < 1.29 is 4.74 Å². The Morgan fingerprint density at radius 2 is 2.37 bits per heavy atom. The summed E-state index contributed by atoms with van der Waals surface area (Å²) in [6.45, 7) is 7.70. The van der Waals surface area contributed by atoms with Gasteiger partial charge >= 0.3 is 0 Å². The lowest BCUT2D eigenvalue weighted by molar-refractivity contribution is -0.00823. The molecule has 5 heteroatoms. The van der Waals surface area contributed by atoms with Gasteiger partial charge < -0.3 is 9.64 Å². The van der Waals surface area contributed by atoms with Crippen molar-refractivity contribution in [2.45, 2.75) is 38.3 Å². The zero-order valence-corrected chi connectivity index (χ0v) is 12.4. The molecule has 0 aromatic carbocycles. The average Bonchev–Trinajstić information content (AvgIpc) is 2.94. The van der Waals surface area contributed by atoms with E-state index in [2.05, 4.69) is 27.1 Å². The van der Waals surface area contributed by atoms with Gasteiger partial charge in [0.05, 0.1) is 6.10 Å². The van der Waals surface area contributed by atoms with Crippen LogP contribution in [0.4, 0.5) is 5.13 Å². The predicted molar refractivity (Wildman–Crippen MR) is 79.0 cm³/mol. The minimum absolute atomic E-state index is 0.465. The Labute approximate surface area is 119 Å². The number of rotatable bonds is 3. The molecule has 2 aliphatic rings. The smallest absolute Gasteiger partial charge is 0.185 e. The summed E-state index contributed by atoms with van der Waals surface area (Å²) in [4.78, 5) is 9.43. The van der Waals surface area contributed by atoms with Gasteiger partial charge in [-0.2, -0.15) is 0 Å². The SMILES string of the molecule is C[C@@H]1CN(C[C@H]2CCCCO2)CCN1c1nccs1. The fourth-order valence-corrected chi connectivity index (χ4v) is 3.85. The molecule has 0 aliphatic carbocycles. The molecule has 19 heavy (non-hydrogen) atoms. The minimum atomic E-state index is 0.465. The third-order valence-electron chi connectivity index (χ3n) is 4.11. The third kappa shape index (κ3) is 3.27. The fraction of sp³-hybridized carbons (Fsp3) is 0.786. The number of piperazine rings is 1. The van der Waals surface area contributed by atoms with Crippen LogP contribution in [-0.2, 0) is 4.74 Å². The first kappa shape index (κ1) is 13.3. The summed E-state index contributed by atoms with van der Waals surface area (Å²) in [5, 5.41) is 3.23. The highest BCUT2D eigenvalue weighted by Crippen LogP contribution is 2.23. The van der Waals surface area contributed by atoms with E-state index in [1.807, 2.05) is 6.20 Å². The van der Waals surface area contributed by atoms with Gasteiger partial charge in [-0.25, -0.2) is 4.98 Å². The Morgan fingerprint density at radius 1 is 1.42 bits per heavy atom. The second-order valence-electron chi connectivity index (χ2n) is 5.61. The Morgan fingerprint density at radius 3 is 3.05 bits per heavy atom. The molecule has 1 aromatic heterocycles. The topological polar surface area (TPSA) is 28.6 Å². The highest BCUT2D eigenvalue weighted by Gasteiger charge is 2.27. The zero-order valence-electron chi connectivity index (χ0n) is 11.6. The highest BCUT2D eigenvalue weighted by molar-refractivity contribution is 7.13. The first-order valence-corrected chi connectivity index (χ1v) is 8.21. The van der Waals surface area contributed by atoms with Crippen LogP contribution in [0.25, 0.3) is 0 Å². The number of hydrogen-bond acceptors (Lipinski definition) is 5. The molecule has 2 saturated heterocycles. The van der Waals surface area contributed by atoms with Crippen LogP contribution in [0.3, 0.4) is 0 Å². The van der Waals surface area contributed by atoms with Gasteiger partial charge in [0.2, 0.25) is 0 Å². The quantitative estimate of drug-likeness (QED) is 0.849. The summed E-state index contributed by atoms with van der Waals surface area (Å²) < 4.78 is 5.85. The predicted octanol–water partition coefficient (Wildman–Crippen LogP) is 2.22. The summed E-state index contributed by atoms with van der Waals surface area (Å²) in [6.07, 6.45) is 6.17. The molecule has 1 aromatic rings. The van der Waals surface area contributed by atoms with Crippen LogP contribution in [0.2, 0.25) is 0 Å². The van der Waals surface area contributed by atoms with Crippen molar-refractivity contribution in [3.05, 3.63) is 11.6 Å². The molecular weight excluding hydrogens is 258 g/mol. The van der Waals surface area contributed by atoms with E-state index in [1.54, 1.807) is 11.3 Å². The molecule has 0 N–H and O–H groups in total. The Balaban J connectivity index is 1.52. The van der Waals surface area contributed by atoms with Crippen molar-refractivity contribution in [3.63, 3.8) is 0 Å². The number of ether oxygens (including phenoxy) is 1. The second-order valence-corrected chi connectivity index (χ2v) is 6.48. The van der Waals surface area contributed by atoms with E-state index in [0.717, 1.165) is 32.8 Å². The van der Waals surface area contributed by atoms with E-state index in [1.165, 1.54) is 24.4 Å². The van der Waals surface area contributed by atoms with Crippen LogP contribution < -0.4 is 4.90 Å². The van der Waals surface area contributed by atoms with Crippen LogP contribution in [0.5, 0.6) is 0 Å². The van der Waals surface area contributed by atoms with Gasteiger partial charge in [0.15, 0.2) is 5.13 Å². The average molecular weight is 281 g/mol. The van der Waals surface area contributed by atoms with Crippen LogP contribution in [0, 0.1) is 0 Å². The Bertz CT molecular complexity index is 378. The monoisotopic (exact) mass is 281 g/mol. The van der Waals surface area contributed by atoms with Crippen molar-refractivity contribution in [1.29, 1.82) is 0 Å². The van der Waals surface area contributed by atoms with Gasteiger partial charge in [-0.15, -0.1) is 11.3 Å². The number of anilines is 1. The van der Waals surface area contributed by atoms with Gasteiger partial charge in [-0.1, -0.05) is 0 Å². The number of aromatic nitrogens is 1. The minimum Gasteiger partial charge on any atom is -0.377 e. The summed E-state index contributed by atoms with van der Waals surface area (Å²) in [6, 6.07) is 0.545. The van der Waals surface area contributed by atoms with Crippen molar-refractivity contribution >= 4 is 16.5 Å². The molecule has 0 spiro atoms. The first-order valence-electron chi connectivity index (χ1n) is 7.33. The molecule has 106 valence electrons. The van der Waals surface area contributed by atoms with E-state index < -0.39 is 0 Å². The van der Waals surface area contributed by atoms with Crippen molar-refractivity contribution in [3.8, 4) is 0 Å². The molecule has 2 aliphatic heterocycles. The van der Waals surface area contributed by atoms with Crippen molar-refractivity contribution in [2.75, 3.05) is 37.7 Å². The zero-order chi connectivity index (χ0) is 13.1. The van der Waals surface area contributed by atoms with E-state index in [9.17, 15) is 0 Å². The molecule has 3 heterocycles. The number of thiazole rings is 1. The van der Waals surface area contributed by atoms with Crippen LogP contribution in [0.1, 0.15) is 26.2 Å². The van der Waals surface area contributed by atoms with Crippen molar-refractivity contribution in [2.24, 2.45) is 0 Å². The van der Waals surface area contributed by atoms with Gasteiger partial charge in [0.1, 0.15) is 0 Å². The van der Waals surface area contributed by atoms with E-state index in [4.69, 9.17) is 4.74 Å². The lowest BCUT2D eigenvalue weighted by Crippen LogP contribution is -2.53. The lowest BCUT2D eigenvalue weighted by atomic mass is 10.1. The number of nitrogens with zero attached hydrogens (tertiary/aromatic N) is 3. The maximum atomic E-state index is 5.85. The Kier molecular flexibility index (Phi) is 4.35. The molecule has 3 rings (SSSR count). The van der Waals surface area contributed by atoms with E-state index >= 15 is 0 Å². The maximum Gasteiger partial charge on any atom is 0.185 e. The van der Waals surface area contributed by atoms with E-state index in [-0.39, 0.29) is 0 Å². The summed E-state index contributed by atoms with van der Waals surface area (Å²) >= 11 is 1.74. The largest absolute Gasteiger partial charge is 0.377 e. The normalized spacial score (nSPS) is 29.6. The van der Waals surface area contributed by atoms with Gasteiger partial charge in [-0.05, 0) is 26.2 Å². The standard InChI is InChI=1S/C14H23N3OS/c1-12-10-16(11-13-4-2-3-8-18-13)6-7-17(12)14-15-5-9-19-14/h5,9,12-13H,2-4,6-8,10-11H2,1H3/t12-,13-/m1/s1. The van der Waals surface area contributed by atoms with Crippen molar-refractivity contribution in [1.82, 2.24) is 9.88 Å². The van der Waals surface area contributed by atoms with Crippen LogP contribution >= 0.6 is 11.3 Å². The Hall–Kier alpha value is -0.650.